The maximum Gasteiger partial charge on any atom is 0.165 e. The van der Waals surface area contributed by atoms with Crippen molar-refractivity contribution in [1.82, 2.24) is 24.7 Å². The van der Waals surface area contributed by atoms with E-state index < -0.39 is 5.82 Å². The van der Waals surface area contributed by atoms with Crippen LogP contribution in [0.15, 0.2) is 49.1 Å². The Labute approximate surface area is 189 Å². The molecule has 7 nitrogen and oxygen atoms in total. The van der Waals surface area contributed by atoms with E-state index in [9.17, 15) is 4.39 Å². The fraction of sp³-hybridized carbons (Fsp3) is 0.304. The molecule has 0 atom stereocenters. The molecule has 1 aromatic carbocycles. The molecule has 1 aliphatic heterocycles. The van der Waals surface area contributed by atoms with Gasteiger partial charge in [0.15, 0.2) is 17.4 Å². The molecule has 0 spiro atoms. The summed E-state index contributed by atoms with van der Waals surface area (Å²) in [6, 6.07) is 6.23. The monoisotopic (exact) mass is 452 g/mol. The van der Waals surface area contributed by atoms with E-state index in [0.29, 0.717) is 18.1 Å². The lowest BCUT2D eigenvalue weighted by Gasteiger charge is -2.33. The third kappa shape index (κ3) is 4.10. The van der Waals surface area contributed by atoms with Crippen LogP contribution in [0.5, 0.6) is 5.75 Å². The highest BCUT2D eigenvalue weighted by Gasteiger charge is 2.26. The number of halogens is 2. The van der Waals surface area contributed by atoms with Crippen LogP contribution in [-0.4, -0.2) is 43.9 Å². The van der Waals surface area contributed by atoms with Crippen molar-refractivity contribution in [2.45, 2.75) is 32.4 Å². The fourth-order valence-corrected chi connectivity index (χ4v) is 4.06. The summed E-state index contributed by atoms with van der Waals surface area (Å²) in [5, 5.41) is 4.86. The second-order valence-corrected chi connectivity index (χ2v) is 8.16. The van der Waals surface area contributed by atoms with E-state index >= 15 is 0 Å². The Morgan fingerprint density at radius 1 is 1.12 bits per heavy atom. The highest BCUT2D eigenvalue weighted by atomic mass is 35.5. The van der Waals surface area contributed by atoms with Crippen molar-refractivity contribution in [2.24, 2.45) is 0 Å². The lowest BCUT2D eigenvalue weighted by Crippen LogP contribution is -2.39. The van der Waals surface area contributed by atoms with Gasteiger partial charge in [-0.15, -0.1) is 0 Å². The van der Waals surface area contributed by atoms with Gasteiger partial charge >= 0.3 is 0 Å². The van der Waals surface area contributed by atoms with Gasteiger partial charge in [-0.05, 0) is 25.1 Å². The molecule has 0 bridgehead atoms. The third-order valence-corrected chi connectivity index (χ3v) is 5.84. The van der Waals surface area contributed by atoms with Gasteiger partial charge in [0, 0.05) is 61.5 Å². The summed E-state index contributed by atoms with van der Waals surface area (Å²) in [6.07, 6.45) is 8.60. The molecule has 0 aliphatic carbocycles. The quantitative estimate of drug-likeness (QED) is 0.435. The van der Waals surface area contributed by atoms with Gasteiger partial charge in [0.2, 0.25) is 0 Å². The van der Waals surface area contributed by atoms with Gasteiger partial charge < -0.3 is 9.64 Å². The predicted octanol–water partition coefficient (Wildman–Crippen LogP) is 4.75. The average molecular weight is 453 g/mol. The molecular weight excluding hydrogens is 431 g/mol. The zero-order chi connectivity index (χ0) is 22.1. The van der Waals surface area contributed by atoms with E-state index in [1.54, 1.807) is 12.4 Å². The summed E-state index contributed by atoms with van der Waals surface area (Å²) in [4.78, 5) is 16.2. The van der Waals surface area contributed by atoms with Crippen LogP contribution in [0.1, 0.15) is 19.8 Å². The van der Waals surface area contributed by atoms with E-state index in [1.165, 1.54) is 18.2 Å². The van der Waals surface area contributed by atoms with Crippen LogP contribution in [0.3, 0.4) is 0 Å². The summed E-state index contributed by atoms with van der Waals surface area (Å²) in [5.41, 5.74) is 3.23. The molecule has 0 radical (unpaired) electrons. The Morgan fingerprint density at radius 2 is 1.97 bits per heavy atom. The standard InChI is InChI=1S/C23H22ClFN6O/c1-2-31-14-15(12-27-31)22-23(29-19-5-8-26-13-20(19)28-22)30-9-6-17(7-10-30)32-21-11-16(24)3-4-18(21)25/h3-5,8,11-14,17H,2,6-7,9-10H2,1H3. The van der Waals surface area contributed by atoms with Gasteiger partial charge in [-0.3, -0.25) is 9.67 Å². The third-order valence-electron chi connectivity index (χ3n) is 5.61. The number of fused-ring (bicyclic) bond motifs is 1. The van der Waals surface area contributed by atoms with Gasteiger partial charge in [-0.1, -0.05) is 11.6 Å². The molecule has 4 heterocycles. The second-order valence-electron chi connectivity index (χ2n) is 7.72. The summed E-state index contributed by atoms with van der Waals surface area (Å²) >= 11 is 5.99. The van der Waals surface area contributed by atoms with E-state index in [2.05, 4.69) is 15.0 Å². The molecule has 1 saturated heterocycles. The normalized spacial score (nSPS) is 14.8. The number of aryl methyl sites for hydroxylation is 1. The zero-order valence-corrected chi connectivity index (χ0v) is 18.3. The summed E-state index contributed by atoms with van der Waals surface area (Å²) in [6.45, 7) is 4.25. The first kappa shape index (κ1) is 20.6. The highest BCUT2D eigenvalue weighted by Crippen LogP contribution is 2.32. The van der Waals surface area contributed by atoms with Crippen LogP contribution in [-0.2, 0) is 6.54 Å². The summed E-state index contributed by atoms with van der Waals surface area (Å²) in [5.74, 6) is 0.606. The van der Waals surface area contributed by atoms with Crippen LogP contribution in [0.25, 0.3) is 22.3 Å². The lowest BCUT2D eigenvalue weighted by atomic mass is 10.1. The topological polar surface area (TPSA) is 69.0 Å². The van der Waals surface area contributed by atoms with E-state index in [0.717, 1.165) is 47.5 Å². The van der Waals surface area contributed by atoms with E-state index in [-0.39, 0.29) is 11.9 Å². The smallest absolute Gasteiger partial charge is 0.165 e. The Balaban J connectivity index is 1.41. The highest BCUT2D eigenvalue weighted by molar-refractivity contribution is 6.30. The number of ether oxygens (including phenoxy) is 1. The number of rotatable bonds is 5. The minimum absolute atomic E-state index is 0.0943. The van der Waals surface area contributed by atoms with Crippen molar-refractivity contribution < 1.29 is 9.13 Å². The Bertz CT molecular complexity index is 1250. The molecule has 9 heteroatoms. The van der Waals surface area contributed by atoms with Crippen LogP contribution in [0, 0.1) is 5.82 Å². The number of aromatic nitrogens is 5. The molecule has 4 aromatic rings. The molecule has 5 rings (SSSR count). The van der Waals surface area contributed by atoms with Gasteiger partial charge in [0.1, 0.15) is 17.3 Å². The number of anilines is 1. The molecule has 164 valence electrons. The number of nitrogens with zero attached hydrogens (tertiary/aromatic N) is 6. The average Bonchev–Trinajstić information content (AvgIpc) is 3.30. The van der Waals surface area contributed by atoms with Crippen molar-refractivity contribution in [3.63, 3.8) is 0 Å². The van der Waals surface area contributed by atoms with E-state index in [1.807, 2.05) is 30.1 Å². The molecule has 1 aliphatic rings. The first-order valence-electron chi connectivity index (χ1n) is 10.6. The van der Waals surface area contributed by atoms with Gasteiger partial charge in [-0.25, -0.2) is 14.4 Å². The Kier molecular flexibility index (Phi) is 5.61. The minimum atomic E-state index is -0.402. The van der Waals surface area contributed by atoms with Crippen molar-refractivity contribution in [3.05, 3.63) is 59.9 Å². The summed E-state index contributed by atoms with van der Waals surface area (Å²) in [7, 11) is 0. The molecule has 3 aromatic heterocycles. The van der Waals surface area contributed by atoms with Crippen molar-refractivity contribution in [3.8, 4) is 17.0 Å². The second kappa shape index (κ2) is 8.70. The first-order valence-corrected chi connectivity index (χ1v) is 11.0. The molecule has 32 heavy (non-hydrogen) atoms. The largest absolute Gasteiger partial charge is 0.487 e. The number of pyridine rings is 1. The maximum atomic E-state index is 14.1. The van der Waals surface area contributed by atoms with Crippen LogP contribution in [0.4, 0.5) is 10.2 Å². The molecule has 1 fully saturated rings. The lowest BCUT2D eigenvalue weighted by molar-refractivity contribution is 0.163. The van der Waals surface area contributed by atoms with Crippen LogP contribution in [0.2, 0.25) is 5.02 Å². The van der Waals surface area contributed by atoms with Crippen molar-refractivity contribution >= 4 is 28.5 Å². The first-order chi connectivity index (χ1) is 15.6. The molecular formula is C23H22ClFN6O. The Morgan fingerprint density at radius 3 is 2.75 bits per heavy atom. The molecule has 0 amide bonds. The fourth-order valence-electron chi connectivity index (χ4n) is 3.90. The number of hydrogen-bond acceptors (Lipinski definition) is 6. The van der Waals surface area contributed by atoms with Crippen LogP contribution >= 0.6 is 11.6 Å². The predicted molar refractivity (Wildman–Crippen MR) is 122 cm³/mol. The molecule has 0 N–H and O–H groups in total. The summed E-state index contributed by atoms with van der Waals surface area (Å²) < 4.78 is 21.8. The van der Waals surface area contributed by atoms with Gasteiger partial charge in [0.25, 0.3) is 0 Å². The SMILES string of the molecule is CCn1cc(-c2nc3cnccc3nc2N2CCC(Oc3cc(Cl)ccc3F)CC2)cn1. The van der Waals surface area contributed by atoms with Crippen molar-refractivity contribution in [1.29, 1.82) is 0 Å². The molecule has 0 unspecified atom stereocenters. The Hall–Kier alpha value is -3.26. The van der Waals surface area contributed by atoms with Gasteiger partial charge in [-0.2, -0.15) is 5.10 Å². The number of benzene rings is 1. The maximum absolute atomic E-state index is 14.1. The minimum Gasteiger partial charge on any atom is -0.487 e. The van der Waals surface area contributed by atoms with E-state index in [4.69, 9.17) is 26.3 Å². The number of hydrogen-bond donors (Lipinski definition) is 0. The van der Waals surface area contributed by atoms with Crippen molar-refractivity contribution in [2.75, 3.05) is 18.0 Å². The number of piperidine rings is 1. The van der Waals surface area contributed by atoms with Gasteiger partial charge in [0.05, 0.1) is 17.9 Å². The molecule has 0 saturated carbocycles. The zero-order valence-electron chi connectivity index (χ0n) is 17.6. The van der Waals surface area contributed by atoms with Crippen LogP contribution < -0.4 is 9.64 Å².